The van der Waals surface area contributed by atoms with Crippen molar-refractivity contribution in [3.05, 3.63) is 36.2 Å². The fourth-order valence-corrected chi connectivity index (χ4v) is 6.32. The summed E-state index contributed by atoms with van der Waals surface area (Å²) in [6.45, 7) is 6.26. The Morgan fingerprint density at radius 1 is 1.14 bits per heavy atom. The first kappa shape index (κ1) is 22.4. The SMILES string of the molecule is C[C@@H]1COCCN1c1cc(C2(C#N)CCN(C3CCCC3)CC2)c2ccnc(-c3ccn[nH]3)c2n1. The Labute approximate surface area is 206 Å². The van der Waals surface area contributed by atoms with Gasteiger partial charge in [0.2, 0.25) is 0 Å². The Hall–Kier alpha value is -3.02. The number of hydrogen-bond acceptors (Lipinski definition) is 7. The first-order valence-electron chi connectivity index (χ1n) is 13.0. The molecule has 2 saturated heterocycles. The van der Waals surface area contributed by atoms with Crippen molar-refractivity contribution in [1.82, 2.24) is 25.1 Å². The van der Waals surface area contributed by atoms with Gasteiger partial charge in [0.1, 0.15) is 17.0 Å². The molecule has 0 amide bonds. The normalized spacial score (nSPS) is 23.5. The predicted octanol–water partition coefficient (Wildman–Crippen LogP) is 4.04. The van der Waals surface area contributed by atoms with Crippen molar-refractivity contribution in [2.45, 2.75) is 62.9 Å². The zero-order chi connectivity index (χ0) is 23.8. The average Bonchev–Trinajstić information content (AvgIpc) is 3.63. The van der Waals surface area contributed by atoms with Crippen molar-refractivity contribution < 1.29 is 4.74 Å². The molecule has 2 aliphatic heterocycles. The minimum absolute atomic E-state index is 0.219. The second-order valence-corrected chi connectivity index (χ2v) is 10.3. The van der Waals surface area contributed by atoms with Gasteiger partial charge in [-0.15, -0.1) is 0 Å². The fraction of sp³-hybridized carbons (Fsp3) is 0.556. The molecule has 0 spiro atoms. The third-order valence-corrected chi connectivity index (χ3v) is 8.35. The molecule has 3 aromatic heterocycles. The number of aromatic amines is 1. The summed E-state index contributed by atoms with van der Waals surface area (Å²) < 4.78 is 5.70. The molecule has 1 saturated carbocycles. The van der Waals surface area contributed by atoms with Crippen LogP contribution in [0.15, 0.2) is 30.6 Å². The highest BCUT2D eigenvalue weighted by molar-refractivity contribution is 5.94. The largest absolute Gasteiger partial charge is 0.377 e. The van der Waals surface area contributed by atoms with Crippen LogP contribution >= 0.6 is 0 Å². The molecule has 8 nitrogen and oxygen atoms in total. The lowest BCUT2D eigenvalue weighted by molar-refractivity contribution is 0.0985. The van der Waals surface area contributed by atoms with Crippen LogP contribution in [0.25, 0.3) is 22.3 Å². The monoisotopic (exact) mass is 471 g/mol. The van der Waals surface area contributed by atoms with Crippen LogP contribution in [0, 0.1) is 11.3 Å². The molecular weight excluding hydrogens is 438 g/mol. The van der Waals surface area contributed by atoms with Gasteiger partial charge in [-0.2, -0.15) is 10.4 Å². The highest BCUT2D eigenvalue weighted by Gasteiger charge is 2.40. The molecule has 0 radical (unpaired) electrons. The summed E-state index contributed by atoms with van der Waals surface area (Å²) >= 11 is 0. The Bertz CT molecular complexity index is 1220. The Balaban J connectivity index is 1.47. The van der Waals surface area contributed by atoms with E-state index < -0.39 is 5.41 Å². The topological polar surface area (TPSA) is 94.0 Å². The Kier molecular flexibility index (Phi) is 5.91. The lowest BCUT2D eigenvalue weighted by Crippen LogP contribution is -2.46. The molecule has 35 heavy (non-hydrogen) atoms. The van der Waals surface area contributed by atoms with Gasteiger partial charge in [0.05, 0.1) is 36.4 Å². The number of morpholine rings is 1. The first-order valence-corrected chi connectivity index (χ1v) is 13.0. The summed E-state index contributed by atoms with van der Waals surface area (Å²) in [6, 6.07) is 9.86. The van der Waals surface area contributed by atoms with Crippen molar-refractivity contribution >= 4 is 16.7 Å². The third-order valence-electron chi connectivity index (χ3n) is 8.35. The van der Waals surface area contributed by atoms with E-state index >= 15 is 0 Å². The number of aromatic nitrogens is 4. The molecule has 8 heteroatoms. The lowest BCUT2D eigenvalue weighted by Gasteiger charge is -2.41. The number of rotatable bonds is 4. The molecule has 3 aromatic rings. The van der Waals surface area contributed by atoms with Crippen LogP contribution in [0.2, 0.25) is 0 Å². The van der Waals surface area contributed by atoms with E-state index in [-0.39, 0.29) is 6.04 Å². The second kappa shape index (κ2) is 9.21. The zero-order valence-electron chi connectivity index (χ0n) is 20.4. The maximum atomic E-state index is 10.7. The number of ether oxygens (including phenoxy) is 1. The van der Waals surface area contributed by atoms with Crippen LogP contribution < -0.4 is 4.90 Å². The zero-order valence-corrected chi connectivity index (χ0v) is 20.4. The molecule has 3 aliphatic rings. The Morgan fingerprint density at radius 2 is 1.97 bits per heavy atom. The van der Waals surface area contributed by atoms with E-state index in [1.165, 1.54) is 25.7 Å². The fourth-order valence-electron chi connectivity index (χ4n) is 6.32. The number of nitrogens with zero attached hydrogens (tertiary/aromatic N) is 6. The number of hydrogen-bond donors (Lipinski definition) is 1. The number of nitrogens with one attached hydrogen (secondary N) is 1. The molecule has 3 fully saturated rings. The minimum Gasteiger partial charge on any atom is -0.377 e. The summed E-state index contributed by atoms with van der Waals surface area (Å²) in [5.74, 6) is 0.907. The molecule has 0 aromatic carbocycles. The van der Waals surface area contributed by atoms with Crippen LogP contribution in [0.5, 0.6) is 0 Å². The van der Waals surface area contributed by atoms with Gasteiger partial charge in [0.15, 0.2) is 0 Å². The first-order chi connectivity index (χ1) is 17.2. The molecular formula is C27H33N7O. The minimum atomic E-state index is -0.535. The van der Waals surface area contributed by atoms with Crippen molar-refractivity contribution in [2.75, 3.05) is 37.7 Å². The van der Waals surface area contributed by atoms with Crippen molar-refractivity contribution in [1.29, 1.82) is 5.26 Å². The van der Waals surface area contributed by atoms with Crippen LogP contribution in [0.4, 0.5) is 5.82 Å². The summed E-state index contributed by atoms with van der Waals surface area (Å²) in [7, 11) is 0. The van der Waals surface area contributed by atoms with Crippen molar-refractivity contribution in [3.8, 4) is 17.5 Å². The third kappa shape index (κ3) is 3.97. The number of H-pyrrole nitrogens is 1. The van der Waals surface area contributed by atoms with Gasteiger partial charge in [-0.25, -0.2) is 4.98 Å². The van der Waals surface area contributed by atoms with Gasteiger partial charge in [0.25, 0.3) is 0 Å². The van der Waals surface area contributed by atoms with Gasteiger partial charge >= 0.3 is 0 Å². The van der Waals surface area contributed by atoms with Gasteiger partial charge in [-0.05, 0) is 56.4 Å². The second-order valence-electron chi connectivity index (χ2n) is 10.3. The summed E-state index contributed by atoms with van der Waals surface area (Å²) in [5.41, 5.74) is 3.00. The maximum absolute atomic E-state index is 10.7. The predicted molar refractivity (Wildman–Crippen MR) is 135 cm³/mol. The molecule has 5 heterocycles. The summed E-state index contributed by atoms with van der Waals surface area (Å²) in [5, 5.41) is 18.9. The van der Waals surface area contributed by atoms with Gasteiger partial charge in [-0.3, -0.25) is 10.1 Å². The van der Waals surface area contributed by atoms with Crippen LogP contribution in [-0.4, -0.2) is 70.0 Å². The summed E-state index contributed by atoms with van der Waals surface area (Å²) in [6.07, 6.45) is 10.5. The van der Waals surface area contributed by atoms with Gasteiger partial charge < -0.3 is 14.5 Å². The van der Waals surface area contributed by atoms with Crippen molar-refractivity contribution in [2.24, 2.45) is 0 Å². The Morgan fingerprint density at radius 3 is 2.69 bits per heavy atom. The molecule has 6 rings (SSSR count). The molecule has 182 valence electrons. The number of likely N-dealkylation sites (tertiary alicyclic amines) is 1. The van der Waals surface area contributed by atoms with Gasteiger partial charge in [0, 0.05) is 43.5 Å². The number of nitriles is 1. The van der Waals surface area contributed by atoms with E-state index in [1.54, 1.807) is 6.20 Å². The highest BCUT2D eigenvalue weighted by Crippen LogP contribution is 2.42. The number of pyridine rings is 2. The van der Waals surface area contributed by atoms with Crippen molar-refractivity contribution in [3.63, 3.8) is 0 Å². The maximum Gasteiger partial charge on any atom is 0.130 e. The highest BCUT2D eigenvalue weighted by atomic mass is 16.5. The smallest absolute Gasteiger partial charge is 0.130 e. The number of fused-ring (bicyclic) bond motifs is 1. The van der Waals surface area contributed by atoms with E-state index in [0.717, 1.165) is 66.1 Å². The molecule has 0 unspecified atom stereocenters. The van der Waals surface area contributed by atoms with E-state index in [0.29, 0.717) is 19.3 Å². The molecule has 1 aliphatic carbocycles. The molecule has 1 N–H and O–H groups in total. The molecule has 0 bridgehead atoms. The number of piperidine rings is 1. The van der Waals surface area contributed by atoms with Crippen LogP contribution in [-0.2, 0) is 10.2 Å². The quantitative estimate of drug-likeness (QED) is 0.614. The lowest BCUT2D eigenvalue weighted by atomic mass is 9.72. The van der Waals surface area contributed by atoms with Crippen LogP contribution in [0.1, 0.15) is 51.0 Å². The average molecular weight is 472 g/mol. The van der Waals surface area contributed by atoms with Gasteiger partial charge in [-0.1, -0.05) is 12.8 Å². The standard InChI is InChI=1S/C27H33N7O/c1-19-17-35-15-14-34(19)24-16-22(21-6-10-29-26(25(21)31-24)23-7-11-30-32-23)27(18-28)8-12-33(13-9-27)20-4-2-3-5-20/h6-7,10-11,16,19-20H,2-5,8-9,12-15,17H2,1H3,(H,30,32)/t19-/m1/s1. The van der Waals surface area contributed by atoms with Crippen LogP contribution in [0.3, 0.4) is 0 Å². The number of anilines is 1. The van der Waals surface area contributed by atoms with E-state index in [1.807, 2.05) is 18.3 Å². The van der Waals surface area contributed by atoms with E-state index in [2.05, 4.69) is 44.0 Å². The van der Waals surface area contributed by atoms with E-state index in [9.17, 15) is 5.26 Å². The molecule has 1 atom stereocenters. The van der Waals surface area contributed by atoms with E-state index in [4.69, 9.17) is 9.72 Å². The summed E-state index contributed by atoms with van der Waals surface area (Å²) in [4.78, 5) is 14.8.